The standard InChI is InChI=1S/C14H13N3/c1-10-11(2)17-14(13(10)8-15)16-9-12-6-4-3-5-7-12/h3-7,9,17H,1-2H3. The quantitative estimate of drug-likeness (QED) is 0.780. The van der Waals surface area contributed by atoms with Gasteiger partial charge in [0.15, 0.2) is 0 Å². The van der Waals surface area contributed by atoms with Crippen molar-refractivity contribution in [3.8, 4) is 6.07 Å². The fourth-order valence-corrected chi connectivity index (χ4v) is 1.61. The normalized spacial score (nSPS) is 10.6. The number of nitriles is 1. The third-order valence-electron chi connectivity index (χ3n) is 2.73. The number of aliphatic imine (C=N–C) groups is 1. The van der Waals surface area contributed by atoms with E-state index in [0.29, 0.717) is 11.4 Å². The van der Waals surface area contributed by atoms with E-state index in [1.807, 2.05) is 44.2 Å². The fraction of sp³-hybridized carbons (Fsp3) is 0.143. The predicted molar refractivity (Wildman–Crippen MR) is 68.7 cm³/mol. The summed E-state index contributed by atoms with van der Waals surface area (Å²) >= 11 is 0. The summed E-state index contributed by atoms with van der Waals surface area (Å²) in [4.78, 5) is 7.44. The number of aryl methyl sites for hydroxylation is 1. The summed E-state index contributed by atoms with van der Waals surface area (Å²) in [5, 5.41) is 9.07. The molecule has 84 valence electrons. The van der Waals surface area contributed by atoms with Crippen molar-refractivity contribution in [2.24, 2.45) is 4.99 Å². The highest BCUT2D eigenvalue weighted by atomic mass is 14.9. The van der Waals surface area contributed by atoms with Crippen LogP contribution in [0.15, 0.2) is 35.3 Å². The number of aromatic nitrogens is 1. The summed E-state index contributed by atoms with van der Waals surface area (Å²) in [5.41, 5.74) is 3.59. The fourth-order valence-electron chi connectivity index (χ4n) is 1.61. The van der Waals surface area contributed by atoms with Crippen LogP contribution in [0.25, 0.3) is 0 Å². The van der Waals surface area contributed by atoms with E-state index in [1.54, 1.807) is 6.21 Å². The number of rotatable bonds is 2. The highest BCUT2D eigenvalue weighted by molar-refractivity contribution is 5.82. The molecule has 17 heavy (non-hydrogen) atoms. The summed E-state index contributed by atoms with van der Waals surface area (Å²) < 4.78 is 0. The molecule has 3 nitrogen and oxygen atoms in total. The molecule has 0 atom stereocenters. The number of nitrogens with zero attached hydrogens (tertiary/aromatic N) is 2. The molecule has 0 unspecified atom stereocenters. The molecule has 0 fully saturated rings. The van der Waals surface area contributed by atoms with Crippen LogP contribution >= 0.6 is 0 Å². The van der Waals surface area contributed by atoms with Crippen LogP contribution in [0, 0.1) is 25.2 Å². The zero-order chi connectivity index (χ0) is 12.3. The summed E-state index contributed by atoms with van der Waals surface area (Å²) in [6, 6.07) is 12.0. The lowest BCUT2D eigenvalue weighted by molar-refractivity contribution is 1.22. The first kappa shape index (κ1) is 11.2. The van der Waals surface area contributed by atoms with Gasteiger partial charge in [-0.2, -0.15) is 5.26 Å². The van der Waals surface area contributed by atoms with Crippen molar-refractivity contribution in [1.82, 2.24) is 4.98 Å². The molecule has 3 heteroatoms. The molecule has 0 aliphatic carbocycles. The maximum Gasteiger partial charge on any atom is 0.148 e. The van der Waals surface area contributed by atoms with Gasteiger partial charge in [0, 0.05) is 11.9 Å². The maximum atomic E-state index is 9.07. The average molecular weight is 223 g/mol. The number of H-pyrrole nitrogens is 1. The summed E-state index contributed by atoms with van der Waals surface area (Å²) in [6.07, 6.45) is 1.76. The Morgan fingerprint density at radius 2 is 1.94 bits per heavy atom. The van der Waals surface area contributed by atoms with Gasteiger partial charge in [-0.05, 0) is 25.0 Å². The maximum absolute atomic E-state index is 9.07. The zero-order valence-corrected chi connectivity index (χ0v) is 9.86. The van der Waals surface area contributed by atoms with Gasteiger partial charge in [-0.3, -0.25) is 0 Å². The number of benzene rings is 1. The van der Waals surface area contributed by atoms with Crippen LogP contribution in [0.2, 0.25) is 0 Å². The molecule has 2 rings (SSSR count). The van der Waals surface area contributed by atoms with Crippen molar-refractivity contribution >= 4 is 12.0 Å². The SMILES string of the molecule is Cc1[nH]c(N=Cc2ccccc2)c(C#N)c1C. The third-order valence-corrected chi connectivity index (χ3v) is 2.73. The molecule has 2 aromatic rings. The van der Waals surface area contributed by atoms with Gasteiger partial charge in [-0.25, -0.2) is 4.99 Å². The smallest absolute Gasteiger partial charge is 0.148 e. The lowest BCUT2D eigenvalue weighted by Gasteiger charge is -1.91. The number of aromatic amines is 1. The third kappa shape index (κ3) is 2.26. The van der Waals surface area contributed by atoms with Crippen LogP contribution in [0.4, 0.5) is 5.82 Å². The molecule has 1 heterocycles. The topological polar surface area (TPSA) is 51.9 Å². The van der Waals surface area contributed by atoms with E-state index >= 15 is 0 Å². The second kappa shape index (κ2) is 4.67. The Morgan fingerprint density at radius 3 is 2.59 bits per heavy atom. The minimum Gasteiger partial charge on any atom is -0.343 e. The van der Waals surface area contributed by atoms with E-state index in [9.17, 15) is 0 Å². The van der Waals surface area contributed by atoms with Crippen LogP contribution in [-0.4, -0.2) is 11.2 Å². The van der Waals surface area contributed by atoms with Crippen molar-refractivity contribution in [3.63, 3.8) is 0 Å². The van der Waals surface area contributed by atoms with Gasteiger partial charge in [0.1, 0.15) is 11.9 Å². The molecular weight excluding hydrogens is 210 g/mol. The monoisotopic (exact) mass is 223 g/mol. The number of nitrogens with one attached hydrogen (secondary N) is 1. The van der Waals surface area contributed by atoms with Gasteiger partial charge in [0.05, 0.1) is 5.56 Å². The Balaban J connectivity index is 2.35. The van der Waals surface area contributed by atoms with Crippen molar-refractivity contribution in [3.05, 3.63) is 52.7 Å². The van der Waals surface area contributed by atoms with Gasteiger partial charge in [-0.15, -0.1) is 0 Å². The zero-order valence-electron chi connectivity index (χ0n) is 9.86. The number of hydrogen-bond acceptors (Lipinski definition) is 2. The molecule has 1 aromatic carbocycles. The van der Waals surface area contributed by atoms with E-state index in [2.05, 4.69) is 16.0 Å². The summed E-state index contributed by atoms with van der Waals surface area (Å²) in [7, 11) is 0. The Kier molecular flexibility index (Phi) is 3.06. The second-order valence-corrected chi connectivity index (χ2v) is 3.88. The van der Waals surface area contributed by atoms with Crippen LogP contribution in [-0.2, 0) is 0 Å². The van der Waals surface area contributed by atoms with Gasteiger partial charge in [-0.1, -0.05) is 30.3 Å². The lowest BCUT2D eigenvalue weighted by atomic mass is 10.2. The predicted octanol–water partition coefficient (Wildman–Crippen LogP) is 3.25. The molecule has 1 N–H and O–H groups in total. The van der Waals surface area contributed by atoms with E-state index in [-0.39, 0.29) is 0 Å². The minimum atomic E-state index is 0.620. The summed E-state index contributed by atoms with van der Waals surface area (Å²) in [5.74, 6) is 0.631. The molecule has 0 radical (unpaired) electrons. The van der Waals surface area contributed by atoms with Gasteiger partial charge < -0.3 is 4.98 Å². The van der Waals surface area contributed by atoms with E-state index in [4.69, 9.17) is 5.26 Å². The van der Waals surface area contributed by atoms with Crippen molar-refractivity contribution in [2.45, 2.75) is 13.8 Å². The Bertz CT molecular complexity index is 586. The van der Waals surface area contributed by atoms with Crippen LogP contribution in [0.5, 0.6) is 0 Å². The largest absolute Gasteiger partial charge is 0.343 e. The van der Waals surface area contributed by atoms with Gasteiger partial charge >= 0.3 is 0 Å². The van der Waals surface area contributed by atoms with Gasteiger partial charge in [0.25, 0.3) is 0 Å². The molecule has 0 saturated heterocycles. The summed E-state index contributed by atoms with van der Waals surface area (Å²) in [6.45, 7) is 3.86. The van der Waals surface area contributed by atoms with Crippen molar-refractivity contribution in [2.75, 3.05) is 0 Å². The molecule has 0 bridgehead atoms. The van der Waals surface area contributed by atoms with Crippen molar-refractivity contribution < 1.29 is 0 Å². The van der Waals surface area contributed by atoms with Gasteiger partial charge in [0.2, 0.25) is 0 Å². The molecule has 1 aromatic heterocycles. The molecule has 0 amide bonds. The van der Waals surface area contributed by atoms with E-state index in [1.165, 1.54) is 0 Å². The van der Waals surface area contributed by atoms with Crippen LogP contribution in [0.1, 0.15) is 22.4 Å². The second-order valence-electron chi connectivity index (χ2n) is 3.88. The van der Waals surface area contributed by atoms with Crippen LogP contribution in [0.3, 0.4) is 0 Å². The molecule has 0 saturated carbocycles. The van der Waals surface area contributed by atoms with E-state index in [0.717, 1.165) is 16.8 Å². The molecular formula is C14H13N3. The highest BCUT2D eigenvalue weighted by Gasteiger charge is 2.09. The van der Waals surface area contributed by atoms with E-state index < -0.39 is 0 Å². The molecule has 0 spiro atoms. The minimum absolute atomic E-state index is 0.620. The molecule has 0 aliphatic heterocycles. The Labute approximate surface area is 100 Å². The Morgan fingerprint density at radius 1 is 1.24 bits per heavy atom. The van der Waals surface area contributed by atoms with Crippen molar-refractivity contribution in [1.29, 1.82) is 5.26 Å². The highest BCUT2D eigenvalue weighted by Crippen LogP contribution is 2.23. The first-order valence-corrected chi connectivity index (χ1v) is 5.40. The average Bonchev–Trinajstić information content (AvgIpc) is 2.63. The molecule has 0 aliphatic rings. The first-order valence-electron chi connectivity index (χ1n) is 5.40. The number of hydrogen-bond donors (Lipinski definition) is 1. The lowest BCUT2D eigenvalue weighted by Crippen LogP contribution is -1.79. The Hall–Kier alpha value is -2.34. The van der Waals surface area contributed by atoms with Crippen LogP contribution < -0.4 is 0 Å². The first-order chi connectivity index (χ1) is 8.22.